The summed E-state index contributed by atoms with van der Waals surface area (Å²) in [5.41, 5.74) is 0. The van der Waals surface area contributed by atoms with E-state index in [4.69, 9.17) is 29.1 Å². The molecule has 11 atom stereocenters. The molecule has 0 amide bonds. The molecule has 166 valence electrons. The first-order valence-corrected chi connectivity index (χ1v) is 9.91. The summed E-state index contributed by atoms with van der Waals surface area (Å²) in [7, 11) is -5.17. The molecule has 0 spiro atoms. The zero-order valence-corrected chi connectivity index (χ0v) is 15.1. The molecule has 1 unspecified atom stereocenters. The van der Waals surface area contributed by atoms with E-state index in [2.05, 4.69) is 0 Å². The van der Waals surface area contributed by atoms with Crippen LogP contribution in [0.1, 0.15) is 6.42 Å². The topological polar surface area (TPSA) is 227 Å². The lowest BCUT2D eigenvalue weighted by Gasteiger charge is -2.45. The molecule has 28 heavy (non-hydrogen) atoms. The molecule has 2 aliphatic rings. The van der Waals surface area contributed by atoms with Crippen molar-refractivity contribution in [3.05, 3.63) is 0 Å². The fourth-order valence-corrected chi connectivity index (χ4v) is 3.35. The van der Waals surface area contributed by atoms with Crippen molar-refractivity contribution < 1.29 is 68.7 Å². The summed E-state index contributed by atoms with van der Waals surface area (Å²) in [5, 5.41) is 68.2. The van der Waals surface area contributed by atoms with Crippen LogP contribution in [0.25, 0.3) is 0 Å². The highest BCUT2D eigenvalue weighted by Gasteiger charge is 2.50. The van der Waals surface area contributed by atoms with Crippen LogP contribution >= 0.6 is 7.60 Å². The van der Waals surface area contributed by atoms with E-state index < -0.39 is 87.9 Å². The number of ether oxygens (including phenoxy) is 3. The minimum absolute atomic E-state index is 0.769. The molecular weight excluding hydrogens is 414 g/mol. The van der Waals surface area contributed by atoms with Gasteiger partial charge in [0, 0.05) is 6.42 Å². The lowest BCUT2D eigenvalue weighted by molar-refractivity contribution is -0.375. The third-order valence-electron chi connectivity index (χ3n) is 4.58. The SMILES string of the molecule is O=P(O)(O)C(F)C[C@H]1O[C@H](O[C@H]2O[C@H](CO)[C@@H](O)[C@H](O)[C@H]2O)[C@H](O)[C@@H](O)[C@@H]1O. The number of hydrogen-bond donors (Lipinski definition) is 9. The molecule has 0 radical (unpaired) electrons. The van der Waals surface area contributed by atoms with Crippen LogP contribution in [-0.2, 0) is 18.8 Å². The van der Waals surface area contributed by atoms with E-state index in [0.29, 0.717) is 0 Å². The quantitative estimate of drug-likeness (QED) is 0.178. The van der Waals surface area contributed by atoms with Gasteiger partial charge in [-0.2, -0.15) is 0 Å². The van der Waals surface area contributed by atoms with Gasteiger partial charge < -0.3 is 59.7 Å². The maximum atomic E-state index is 13.6. The average Bonchev–Trinajstić information content (AvgIpc) is 2.63. The van der Waals surface area contributed by atoms with Crippen molar-refractivity contribution in [1.82, 2.24) is 0 Å². The predicted octanol–water partition coefficient (Wildman–Crippen LogP) is -4.53. The van der Waals surface area contributed by atoms with E-state index >= 15 is 0 Å². The molecule has 0 aromatic heterocycles. The highest BCUT2D eigenvalue weighted by atomic mass is 31.2. The van der Waals surface area contributed by atoms with Gasteiger partial charge >= 0.3 is 7.60 Å². The largest absolute Gasteiger partial charge is 0.394 e. The van der Waals surface area contributed by atoms with E-state index in [1.54, 1.807) is 0 Å². The van der Waals surface area contributed by atoms with Crippen LogP contribution in [0.4, 0.5) is 4.39 Å². The zero-order chi connectivity index (χ0) is 21.4. The third-order valence-corrected chi connectivity index (χ3v) is 5.52. The van der Waals surface area contributed by atoms with Crippen molar-refractivity contribution >= 4 is 7.60 Å². The van der Waals surface area contributed by atoms with Gasteiger partial charge in [-0.05, 0) is 0 Å². The summed E-state index contributed by atoms with van der Waals surface area (Å²) in [6, 6.07) is 0. The van der Waals surface area contributed by atoms with Gasteiger partial charge in [0.15, 0.2) is 12.6 Å². The third kappa shape index (κ3) is 5.05. The number of hydrogen-bond acceptors (Lipinski definition) is 11. The fraction of sp³-hybridized carbons (Fsp3) is 1.00. The molecule has 9 N–H and O–H groups in total. The fourth-order valence-electron chi connectivity index (χ4n) is 2.86. The lowest BCUT2D eigenvalue weighted by Crippen LogP contribution is -2.63. The van der Waals surface area contributed by atoms with Crippen LogP contribution in [0.2, 0.25) is 0 Å². The molecule has 0 saturated carbocycles. The Morgan fingerprint density at radius 1 is 0.821 bits per heavy atom. The summed E-state index contributed by atoms with van der Waals surface area (Å²) in [6.07, 6.45) is -19.0. The standard InChI is InChI=1S/C13H24FO13P/c14-5(28(22,23)24)1-3-6(16)8(18)10(20)12(25-3)27-13-11(21)9(19)7(17)4(2-15)26-13/h3-13,15-21H,1-2H2,(H2,22,23,24)/t3-,4-,5?,6-,7-,8+,9+,10-,11-,12-,13-/m1/s1. The molecule has 2 saturated heterocycles. The molecule has 0 aliphatic carbocycles. The van der Waals surface area contributed by atoms with Gasteiger partial charge in [-0.1, -0.05) is 0 Å². The maximum absolute atomic E-state index is 13.6. The van der Waals surface area contributed by atoms with Gasteiger partial charge in [-0.25, -0.2) is 4.39 Å². The van der Waals surface area contributed by atoms with Crippen LogP contribution < -0.4 is 0 Å². The molecular formula is C13H24FO13P. The summed E-state index contributed by atoms with van der Waals surface area (Å²) in [6.45, 7) is -0.769. The Labute approximate surface area is 157 Å². The lowest BCUT2D eigenvalue weighted by atomic mass is 9.96. The number of aliphatic hydroxyl groups is 7. The van der Waals surface area contributed by atoms with E-state index in [9.17, 15) is 39.6 Å². The number of aliphatic hydroxyl groups excluding tert-OH is 7. The second-order valence-electron chi connectivity index (χ2n) is 6.61. The van der Waals surface area contributed by atoms with Crippen molar-refractivity contribution in [2.45, 2.75) is 73.7 Å². The number of alkyl halides is 1. The van der Waals surface area contributed by atoms with Gasteiger partial charge in [0.05, 0.1) is 12.7 Å². The Kier molecular flexibility index (Phi) is 7.89. The molecule has 2 fully saturated rings. The Morgan fingerprint density at radius 3 is 1.68 bits per heavy atom. The van der Waals surface area contributed by atoms with Gasteiger partial charge in [0.25, 0.3) is 0 Å². The molecule has 2 aliphatic heterocycles. The first-order chi connectivity index (χ1) is 12.9. The Morgan fingerprint density at radius 2 is 1.25 bits per heavy atom. The van der Waals surface area contributed by atoms with Crippen molar-refractivity contribution in [3.8, 4) is 0 Å². The minimum Gasteiger partial charge on any atom is -0.394 e. The maximum Gasteiger partial charge on any atom is 0.359 e. The molecule has 0 aromatic carbocycles. The van der Waals surface area contributed by atoms with E-state index in [1.165, 1.54) is 0 Å². The van der Waals surface area contributed by atoms with Crippen molar-refractivity contribution in [2.75, 3.05) is 6.61 Å². The molecule has 13 nitrogen and oxygen atoms in total. The second-order valence-corrected chi connectivity index (χ2v) is 8.35. The molecule has 2 rings (SSSR count). The number of rotatable bonds is 6. The normalized spacial score (nSPS) is 46.4. The van der Waals surface area contributed by atoms with Gasteiger partial charge in [0.1, 0.15) is 42.7 Å². The predicted molar refractivity (Wildman–Crippen MR) is 83.1 cm³/mol. The van der Waals surface area contributed by atoms with E-state index in [0.717, 1.165) is 0 Å². The zero-order valence-electron chi connectivity index (χ0n) is 14.2. The summed E-state index contributed by atoms with van der Waals surface area (Å²) >= 11 is 0. The molecule has 0 aromatic rings. The van der Waals surface area contributed by atoms with Crippen LogP contribution in [-0.4, -0.2) is 119 Å². The molecule has 15 heteroatoms. The Bertz CT molecular complexity index is 561. The van der Waals surface area contributed by atoms with Crippen molar-refractivity contribution in [2.24, 2.45) is 0 Å². The highest BCUT2D eigenvalue weighted by Crippen LogP contribution is 2.45. The van der Waals surface area contributed by atoms with Crippen LogP contribution in [0.5, 0.6) is 0 Å². The smallest absolute Gasteiger partial charge is 0.359 e. The average molecular weight is 438 g/mol. The van der Waals surface area contributed by atoms with Crippen molar-refractivity contribution in [1.29, 1.82) is 0 Å². The van der Waals surface area contributed by atoms with Gasteiger partial charge in [-0.15, -0.1) is 0 Å². The van der Waals surface area contributed by atoms with Gasteiger partial charge in [-0.3, -0.25) is 4.57 Å². The van der Waals surface area contributed by atoms with E-state index in [1.807, 2.05) is 0 Å². The van der Waals surface area contributed by atoms with Gasteiger partial charge in [0.2, 0.25) is 5.91 Å². The monoisotopic (exact) mass is 438 g/mol. The second kappa shape index (κ2) is 9.22. The van der Waals surface area contributed by atoms with E-state index in [-0.39, 0.29) is 0 Å². The Balaban J connectivity index is 2.12. The Hall–Kier alpha value is -0.320. The van der Waals surface area contributed by atoms with Crippen molar-refractivity contribution in [3.63, 3.8) is 0 Å². The molecule has 2 heterocycles. The summed E-state index contributed by atoms with van der Waals surface area (Å²) in [4.78, 5) is 17.6. The molecule has 0 bridgehead atoms. The summed E-state index contributed by atoms with van der Waals surface area (Å²) < 4.78 is 39.8. The van der Waals surface area contributed by atoms with Crippen LogP contribution in [0.3, 0.4) is 0 Å². The minimum atomic E-state index is -5.17. The first kappa shape index (κ1) is 24.0. The highest BCUT2D eigenvalue weighted by molar-refractivity contribution is 7.52. The summed E-state index contributed by atoms with van der Waals surface area (Å²) in [5.74, 6) is -2.73. The van der Waals surface area contributed by atoms with Crippen LogP contribution in [0.15, 0.2) is 0 Å². The van der Waals surface area contributed by atoms with Crippen LogP contribution in [0, 0.1) is 0 Å². The number of halogens is 1. The first-order valence-electron chi connectivity index (χ1n) is 8.23.